The van der Waals surface area contributed by atoms with Crippen LogP contribution in [0.4, 0.5) is 0 Å². The molecule has 19 heavy (non-hydrogen) atoms. The van der Waals surface area contributed by atoms with E-state index in [1.807, 2.05) is 13.8 Å². The Morgan fingerprint density at radius 3 is 2.63 bits per heavy atom. The number of rotatable bonds is 6. The maximum atomic E-state index is 12.0. The fourth-order valence-electron chi connectivity index (χ4n) is 3.09. The summed E-state index contributed by atoms with van der Waals surface area (Å²) < 4.78 is 5.12. The van der Waals surface area contributed by atoms with Crippen LogP contribution in [-0.2, 0) is 9.53 Å². The molecule has 0 aromatic heterocycles. The lowest BCUT2D eigenvalue weighted by Gasteiger charge is -2.33. The summed E-state index contributed by atoms with van der Waals surface area (Å²) in [6.45, 7) is 9.29. The molecule has 1 heterocycles. The lowest BCUT2D eigenvalue weighted by molar-refractivity contribution is -0.159. The highest BCUT2D eigenvalue weighted by molar-refractivity contribution is 5.73. The Kier molecular flexibility index (Phi) is 6.80. The summed E-state index contributed by atoms with van der Waals surface area (Å²) in [6, 6.07) is 0. The molecule has 2 atom stereocenters. The molecule has 0 radical (unpaired) electrons. The van der Waals surface area contributed by atoms with Gasteiger partial charge in [0.15, 0.2) is 0 Å². The molecule has 0 aromatic rings. The van der Waals surface area contributed by atoms with Crippen molar-refractivity contribution in [2.45, 2.75) is 58.5 Å². The van der Waals surface area contributed by atoms with E-state index >= 15 is 0 Å². The second-order valence-corrected chi connectivity index (χ2v) is 5.51. The van der Waals surface area contributed by atoms with Gasteiger partial charge in [-0.3, -0.25) is 4.79 Å². The maximum absolute atomic E-state index is 12.0. The molecule has 0 aromatic carbocycles. The van der Waals surface area contributed by atoms with Gasteiger partial charge in [-0.1, -0.05) is 13.8 Å². The first-order valence-corrected chi connectivity index (χ1v) is 7.68. The lowest BCUT2D eigenvalue weighted by atomic mass is 9.80. The average molecular weight is 271 g/mol. The Morgan fingerprint density at radius 2 is 2.05 bits per heavy atom. The van der Waals surface area contributed by atoms with Gasteiger partial charge < -0.3 is 14.7 Å². The van der Waals surface area contributed by atoms with Crippen molar-refractivity contribution in [1.29, 1.82) is 0 Å². The minimum absolute atomic E-state index is 0.239. The second-order valence-electron chi connectivity index (χ2n) is 5.51. The lowest BCUT2D eigenvalue weighted by Crippen LogP contribution is -2.43. The van der Waals surface area contributed by atoms with Crippen LogP contribution in [0.15, 0.2) is 0 Å². The van der Waals surface area contributed by atoms with Crippen LogP contribution in [0.3, 0.4) is 0 Å². The number of aliphatic hydroxyl groups is 1. The van der Waals surface area contributed by atoms with Gasteiger partial charge in [0.25, 0.3) is 0 Å². The first kappa shape index (κ1) is 16.4. The van der Waals surface area contributed by atoms with Crippen molar-refractivity contribution in [3.8, 4) is 0 Å². The normalized spacial score (nSPS) is 26.7. The van der Waals surface area contributed by atoms with E-state index in [0.29, 0.717) is 25.9 Å². The second kappa shape index (κ2) is 7.85. The predicted molar refractivity (Wildman–Crippen MR) is 75.9 cm³/mol. The van der Waals surface area contributed by atoms with Gasteiger partial charge in [-0.15, -0.1) is 0 Å². The Morgan fingerprint density at radius 1 is 1.32 bits per heavy atom. The molecule has 0 saturated carbocycles. The number of ether oxygens (including phenoxy) is 1. The fraction of sp³-hybridized carbons (Fsp3) is 0.933. The molecule has 0 spiro atoms. The van der Waals surface area contributed by atoms with Crippen LogP contribution in [0.25, 0.3) is 0 Å². The highest BCUT2D eigenvalue weighted by atomic mass is 16.5. The van der Waals surface area contributed by atoms with Crippen LogP contribution in [0.5, 0.6) is 0 Å². The summed E-state index contributed by atoms with van der Waals surface area (Å²) >= 11 is 0. The molecule has 0 amide bonds. The fourth-order valence-corrected chi connectivity index (χ4v) is 3.09. The molecule has 0 aliphatic carbocycles. The molecule has 1 saturated heterocycles. The van der Waals surface area contributed by atoms with Gasteiger partial charge in [0.05, 0.1) is 18.1 Å². The number of hydrogen-bond donors (Lipinski definition) is 1. The highest BCUT2D eigenvalue weighted by Crippen LogP contribution is 2.33. The van der Waals surface area contributed by atoms with Crippen LogP contribution in [0.1, 0.15) is 52.9 Å². The van der Waals surface area contributed by atoms with Crippen molar-refractivity contribution in [3.63, 3.8) is 0 Å². The highest BCUT2D eigenvalue weighted by Gasteiger charge is 2.41. The standard InChI is InChI=1S/C15H29NO3/c1-4-10-16-11-7-8-15(18,9-12-16)13(5-2)14(17)19-6-3/h13,18H,4-12H2,1-3H3. The topological polar surface area (TPSA) is 49.8 Å². The zero-order chi connectivity index (χ0) is 14.3. The molecule has 2 unspecified atom stereocenters. The monoisotopic (exact) mass is 271 g/mol. The number of carbonyl (C=O) groups excluding carboxylic acids is 1. The molecular weight excluding hydrogens is 242 g/mol. The first-order chi connectivity index (χ1) is 9.07. The third-order valence-corrected chi connectivity index (χ3v) is 4.11. The summed E-state index contributed by atoms with van der Waals surface area (Å²) in [4.78, 5) is 14.4. The number of nitrogens with zero attached hydrogens (tertiary/aromatic N) is 1. The number of likely N-dealkylation sites (tertiary alicyclic amines) is 1. The molecule has 1 N–H and O–H groups in total. The SMILES string of the molecule is CCCN1CCCC(O)(C(CC)C(=O)OCC)CC1. The smallest absolute Gasteiger partial charge is 0.311 e. The van der Waals surface area contributed by atoms with E-state index < -0.39 is 5.60 Å². The minimum atomic E-state index is -0.885. The molecule has 1 aliphatic heterocycles. The number of esters is 1. The summed E-state index contributed by atoms with van der Waals surface area (Å²) in [5.74, 6) is -0.620. The van der Waals surface area contributed by atoms with E-state index in [9.17, 15) is 9.90 Å². The minimum Gasteiger partial charge on any atom is -0.466 e. The molecule has 1 fully saturated rings. The quantitative estimate of drug-likeness (QED) is 0.752. The van der Waals surface area contributed by atoms with Crippen molar-refractivity contribution in [2.24, 2.45) is 5.92 Å². The first-order valence-electron chi connectivity index (χ1n) is 7.68. The van der Waals surface area contributed by atoms with Crippen molar-refractivity contribution >= 4 is 5.97 Å². The third-order valence-electron chi connectivity index (χ3n) is 4.11. The zero-order valence-corrected chi connectivity index (χ0v) is 12.7. The Labute approximate surface area is 117 Å². The van der Waals surface area contributed by atoms with Crippen molar-refractivity contribution in [2.75, 3.05) is 26.2 Å². The van der Waals surface area contributed by atoms with E-state index in [1.165, 1.54) is 0 Å². The average Bonchev–Trinajstić information content (AvgIpc) is 2.54. The van der Waals surface area contributed by atoms with Gasteiger partial charge in [0, 0.05) is 6.54 Å². The molecule has 0 bridgehead atoms. The van der Waals surface area contributed by atoms with E-state index in [0.717, 1.165) is 32.5 Å². The summed E-state index contributed by atoms with van der Waals surface area (Å²) in [7, 11) is 0. The van der Waals surface area contributed by atoms with Crippen LogP contribution in [0.2, 0.25) is 0 Å². The predicted octanol–water partition coefficient (Wildman–Crippen LogP) is 2.20. The van der Waals surface area contributed by atoms with Crippen LogP contribution >= 0.6 is 0 Å². The van der Waals surface area contributed by atoms with E-state index in [4.69, 9.17) is 4.74 Å². The van der Waals surface area contributed by atoms with Crippen molar-refractivity contribution in [3.05, 3.63) is 0 Å². The summed E-state index contributed by atoms with van der Waals surface area (Å²) in [6.07, 6.45) is 4.10. The van der Waals surface area contributed by atoms with Crippen LogP contribution in [0, 0.1) is 5.92 Å². The van der Waals surface area contributed by atoms with E-state index in [-0.39, 0.29) is 11.9 Å². The van der Waals surface area contributed by atoms with E-state index in [1.54, 1.807) is 0 Å². The molecule has 1 rings (SSSR count). The van der Waals surface area contributed by atoms with Crippen molar-refractivity contribution in [1.82, 2.24) is 4.90 Å². The Bertz CT molecular complexity index is 283. The Balaban J connectivity index is 2.69. The van der Waals surface area contributed by atoms with Crippen LogP contribution in [-0.4, -0.2) is 47.8 Å². The zero-order valence-electron chi connectivity index (χ0n) is 12.7. The molecule has 1 aliphatic rings. The summed E-state index contributed by atoms with van der Waals surface area (Å²) in [5, 5.41) is 10.9. The summed E-state index contributed by atoms with van der Waals surface area (Å²) in [5.41, 5.74) is -0.885. The Hall–Kier alpha value is -0.610. The van der Waals surface area contributed by atoms with E-state index in [2.05, 4.69) is 11.8 Å². The third kappa shape index (κ3) is 4.46. The largest absolute Gasteiger partial charge is 0.466 e. The molecule has 4 heteroatoms. The van der Waals surface area contributed by atoms with Gasteiger partial charge in [-0.2, -0.15) is 0 Å². The maximum Gasteiger partial charge on any atom is 0.311 e. The molecule has 4 nitrogen and oxygen atoms in total. The molecule has 112 valence electrons. The number of carbonyl (C=O) groups is 1. The van der Waals surface area contributed by atoms with Gasteiger partial charge in [0.1, 0.15) is 0 Å². The van der Waals surface area contributed by atoms with Crippen LogP contribution < -0.4 is 0 Å². The van der Waals surface area contributed by atoms with Gasteiger partial charge in [-0.05, 0) is 52.1 Å². The number of hydrogen-bond acceptors (Lipinski definition) is 4. The van der Waals surface area contributed by atoms with Gasteiger partial charge in [-0.25, -0.2) is 0 Å². The van der Waals surface area contributed by atoms with Gasteiger partial charge in [0.2, 0.25) is 0 Å². The van der Waals surface area contributed by atoms with Crippen molar-refractivity contribution < 1.29 is 14.6 Å². The molecular formula is C15H29NO3. The van der Waals surface area contributed by atoms with Gasteiger partial charge >= 0.3 is 5.97 Å².